The van der Waals surface area contributed by atoms with E-state index in [2.05, 4.69) is 12.2 Å². The molecule has 7 heteroatoms. The maximum absolute atomic E-state index is 12.6. The summed E-state index contributed by atoms with van der Waals surface area (Å²) < 4.78 is 5.24. The number of rotatable bonds is 6. The van der Waals surface area contributed by atoms with E-state index in [0.717, 1.165) is 19.3 Å². The molecule has 1 aromatic carbocycles. The van der Waals surface area contributed by atoms with Crippen LogP contribution in [0.5, 0.6) is 0 Å². The summed E-state index contributed by atoms with van der Waals surface area (Å²) in [6, 6.07) is 10.4. The van der Waals surface area contributed by atoms with Gasteiger partial charge in [-0.3, -0.25) is 9.59 Å². The fourth-order valence-electron chi connectivity index (χ4n) is 3.60. The molecule has 1 aliphatic rings. The summed E-state index contributed by atoms with van der Waals surface area (Å²) in [6.07, 6.45) is 4.35. The number of hydrogen-bond acceptors (Lipinski definition) is 5. The fraction of sp³-hybridized carbons (Fsp3) is 0.409. The van der Waals surface area contributed by atoms with Crippen LogP contribution in [0.15, 0.2) is 41.8 Å². The predicted molar refractivity (Wildman–Crippen MR) is 113 cm³/mol. The van der Waals surface area contributed by atoms with Crippen molar-refractivity contribution >= 4 is 34.8 Å². The van der Waals surface area contributed by atoms with Gasteiger partial charge in [0.1, 0.15) is 0 Å². The fourth-order valence-corrected chi connectivity index (χ4v) is 4.30. The van der Waals surface area contributed by atoms with Gasteiger partial charge in [-0.2, -0.15) is 0 Å². The van der Waals surface area contributed by atoms with Crippen LogP contribution in [0.3, 0.4) is 0 Å². The zero-order valence-electron chi connectivity index (χ0n) is 16.7. The number of esters is 1. The molecule has 2 amide bonds. The lowest BCUT2D eigenvalue weighted by molar-refractivity contribution is -0.125. The predicted octanol–water partition coefficient (Wildman–Crippen LogP) is 3.88. The number of carbonyl (C=O) groups is 3. The monoisotopic (exact) mass is 414 g/mol. The molecule has 2 atom stereocenters. The lowest BCUT2D eigenvalue weighted by Gasteiger charge is -2.29. The van der Waals surface area contributed by atoms with Gasteiger partial charge in [0.25, 0.3) is 11.8 Å². The minimum absolute atomic E-state index is 0.136. The average Bonchev–Trinajstić information content (AvgIpc) is 3.27. The highest BCUT2D eigenvalue weighted by molar-refractivity contribution is 7.12. The molecule has 2 unspecified atom stereocenters. The Morgan fingerprint density at radius 1 is 1.14 bits per heavy atom. The molecule has 154 valence electrons. The number of nitrogens with zero attached hydrogens (tertiary/aromatic N) is 1. The van der Waals surface area contributed by atoms with E-state index in [1.54, 1.807) is 43.4 Å². The summed E-state index contributed by atoms with van der Waals surface area (Å²) in [7, 11) is 1.62. The topological polar surface area (TPSA) is 75.7 Å². The lowest BCUT2D eigenvalue weighted by Crippen LogP contribution is -2.42. The van der Waals surface area contributed by atoms with Crippen molar-refractivity contribution in [3.8, 4) is 0 Å². The second-order valence-corrected chi connectivity index (χ2v) is 8.32. The number of amides is 2. The molecule has 1 fully saturated rings. The highest BCUT2D eigenvalue weighted by Gasteiger charge is 2.24. The van der Waals surface area contributed by atoms with Crippen LogP contribution in [0.1, 0.15) is 52.6 Å². The van der Waals surface area contributed by atoms with Crippen molar-refractivity contribution in [3.63, 3.8) is 0 Å². The first kappa shape index (κ1) is 21.0. The zero-order valence-corrected chi connectivity index (χ0v) is 17.5. The van der Waals surface area contributed by atoms with Crippen LogP contribution in [0.25, 0.3) is 0 Å². The largest absolute Gasteiger partial charge is 0.452 e. The summed E-state index contributed by atoms with van der Waals surface area (Å²) in [5, 5.41) is 4.80. The number of thiophene rings is 1. The lowest BCUT2D eigenvalue weighted by atomic mass is 9.86. The molecule has 0 radical (unpaired) electrons. The van der Waals surface area contributed by atoms with Gasteiger partial charge >= 0.3 is 5.97 Å². The van der Waals surface area contributed by atoms with E-state index in [0.29, 0.717) is 16.5 Å². The SMILES string of the molecule is CC1CCCCC1NC(=O)COC(=O)c1ccccc1N(C)C(=O)c1cccs1. The average molecular weight is 415 g/mol. The van der Waals surface area contributed by atoms with Crippen LogP contribution in [-0.4, -0.2) is 37.5 Å². The third kappa shape index (κ3) is 5.23. The van der Waals surface area contributed by atoms with Gasteiger partial charge in [-0.05, 0) is 42.3 Å². The molecule has 2 aromatic rings. The van der Waals surface area contributed by atoms with Crippen molar-refractivity contribution in [3.05, 3.63) is 52.2 Å². The van der Waals surface area contributed by atoms with Crippen molar-refractivity contribution in [1.82, 2.24) is 5.32 Å². The molecule has 1 N–H and O–H groups in total. The van der Waals surface area contributed by atoms with Crippen LogP contribution >= 0.6 is 11.3 Å². The van der Waals surface area contributed by atoms with Crippen LogP contribution in [-0.2, 0) is 9.53 Å². The van der Waals surface area contributed by atoms with Gasteiger partial charge in [-0.15, -0.1) is 11.3 Å². The molecule has 0 saturated heterocycles. The number of anilines is 1. The van der Waals surface area contributed by atoms with Crippen molar-refractivity contribution < 1.29 is 19.1 Å². The summed E-state index contributed by atoms with van der Waals surface area (Å²) in [5.41, 5.74) is 0.691. The van der Waals surface area contributed by atoms with Crippen molar-refractivity contribution in [1.29, 1.82) is 0 Å². The van der Waals surface area contributed by atoms with Crippen LogP contribution in [0, 0.1) is 5.92 Å². The summed E-state index contributed by atoms with van der Waals surface area (Å²) in [5.74, 6) is -0.693. The van der Waals surface area contributed by atoms with Gasteiger partial charge in [0.15, 0.2) is 6.61 Å². The van der Waals surface area contributed by atoms with Crippen molar-refractivity contribution in [2.24, 2.45) is 5.92 Å². The highest BCUT2D eigenvalue weighted by atomic mass is 32.1. The maximum atomic E-state index is 12.6. The molecular formula is C22H26N2O4S. The van der Waals surface area contributed by atoms with Crippen LogP contribution in [0.4, 0.5) is 5.69 Å². The molecule has 1 heterocycles. The molecular weight excluding hydrogens is 388 g/mol. The van der Waals surface area contributed by atoms with Gasteiger partial charge in [-0.1, -0.05) is 38.0 Å². The minimum atomic E-state index is -0.627. The summed E-state index contributed by atoms with van der Waals surface area (Å²) in [4.78, 5) is 39.4. The Kier molecular flexibility index (Phi) is 7.04. The Morgan fingerprint density at radius 2 is 1.90 bits per heavy atom. The Bertz CT molecular complexity index is 865. The number of para-hydroxylation sites is 1. The first-order valence-corrected chi connectivity index (χ1v) is 10.7. The van der Waals surface area contributed by atoms with E-state index < -0.39 is 5.97 Å². The molecule has 0 bridgehead atoms. The number of benzene rings is 1. The van der Waals surface area contributed by atoms with Gasteiger partial charge in [0, 0.05) is 13.1 Å². The van der Waals surface area contributed by atoms with E-state index >= 15 is 0 Å². The smallest absolute Gasteiger partial charge is 0.340 e. The third-order valence-electron chi connectivity index (χ3n) is 5.31. The third-order valence-corrected chi connectivity index (χ3v) is 6.17. The zero-order chi connectivity index (χ0) is 20.8. The Morgan fingerprint density at radius 3 is 2.62 bits per heavy atom. The van der Waals surface area contributed by atoms with Crippen LogP contribution in [0.2, 0.25) is 0 Å². The van der Waals surface area contributed by atoms with Gasteiger partial charge in [0.05, 0.1) is 16.1 Å². The first-order valence-electron chi connectivity index (χ1n) is 9.84. The van der Waals surface area contributed by atoms with Crippen LogP contribution < -0.4 is 10.2 Å². The van der Waals surface area contributed by atoms with Gasteiger partial charge in [0.2, 0.25) is 0 Å². The van der Waals surface area contributed by atoms with Gasteiger partial charge in [-0.25, -0.2) is 4.79 Å². The molecule has 0 aliphatic heterocycles. The molecule has 3 rings (SSSR count). The Hall–Kier alpha value is -2.67. The number of ether oxygens (including phenoxy) is 1. The number of nitrogens with one attached hydrogen (secondary N) is 1. The van der Waals surface area contributed by atoms with E-state index in [1.165, 1.54) is 22.7 Å². The standard InChI is InChI=1S/C22H26N2O4S/c1-15-8-3-5-10-17(15)23-20(25)14-28-22(27)16-9-4-6-11-18(16)24(2)21(26)19-12-7-13-29-19/h4,6-7,9,11-13,15,17H,3,5,8,10,14H2,1-2H3,(H,23,25). The Balaban J connectivity index is 1.62. The molecule has 1 aromatic heterocycles. The number of carbonyl (C=O) groups excluding carboxylic acids is 3. The van der Waals surface area contributed by atoms with E-state index in [9.17, 15) is 14.4 Å². The summed E-state index contributed by atoms with van der Waals surface area (Å²) >= 11 is 1.34. The molecule has 1 saturated carbocycles. The summed E-state index contributed by atoms with van der Waals surface area (Å²) in [6.45, 7) is 1.80. The molecule has 0 spiro atoms. The molecule has 29 heavy (non-hydrogen) atoms. The Labute approximate surface area is 174 Å². The van der Waals surface area contributed by atoms with E-state index in [1.807, 2.05) is 5.38 Å². The molecule has 1 aliphatic carbocycles. The first-order chi connectivity index (χ1) is 14.0. The maximum Gasteiger partial charge on any atom is 0.340 e. The van der Waals surface area contributed by atoms with E-state index in [4.69, 9.17) is 4.74 Å². The second-order valence-electron chi connectivity index (χ2n) is 7.37. The second kappa shape index (κ2) is 9.69. The highest BCUT2D eigenvalue weighted by Crippen LogP contribution is 2.24. The minimum Gasteiger partial charge on any atom is -0.452 e. The normalized spacial score (nSPS) is 18.7. The number of hydrogen-bond donors (Lipinski definition) is 1. The van der Waals surface area contributed by atoms with Gasteiger partial charge < -0.3 is 15.0 Å². The van der Waals surface area contributed by atoms with E-state index in [-0.39, 0.29) is 30.0 Å². The van der Waals surface area contributed by atoms with Crippen molar-refractivity contribution in [2.45, 2.75) is 38.6 Å². The molecule has 6 nitrogen and oxygen atoms in total. The van der Waals surface area contributed by atoms with Crippen molar-refractivity contribution in [2.75, 3.05) is 18.6 Å². The quantitative estimate of drug-likeness (QED) is 0.728.